The summed E-state index contributed by atoms with van der Waals surface area (Å²) in [6, 6.07) is 20.3. The van der Waals surface area contributed by atoms with Crippen LogP contribution in [0.3, 0.4) is 0 Å². The predicted molar refractivity (Wildman–Crippen MR) is 130 cm³/mol. The van der Waals surface area contributed by atoms with Crippen LogP contribution < -0.4 is 16.8 Å². The summed E-state index contributed by atoms with van der Waals surface area (Å²) >= 11 is 0. The number of nitro groups is 1. The number of anilines is 2. The average Bonchev–Trinajstić information content (AvgIpc) is 2.81. The van der Waals surface area contributed by atoms with Crippen LogP contribution in [-0.2, 0) is 12.8 Å². The molecule has 4 rings (SSSR count). The molecule has 1 saturated carbocycles. The third-order valence-electron chi connectivity index (χ3n) is 6.33. The number of rotatable bonds is 8. The minimum atomic E-state index is -0.471. The fourth-order valence-electron chi connectivity index (χ4n) is 4.54. The Morgan fingerprint density at radius 1 is 1.00 bits per heavy atom. The van der Waals surface area contributed by atoms with Crippen molar-refractivity contribution in [2.24, 2.45) is 11.7 Å². The maximum absolute atomic E-state index is 11.7. The second-order valence-corrected chi connectivity index (χ2v) is 8.77. The topological polar surface area (TPSA) is 133 Å². The highest BCUT2D eigenvalue weighted by Crippen LogP contribution is 2.33. The van der Waals surface area contributed by atoms with E-state index >= 15 is 0 Å². The molecule has 1 atom stereocenters. The number of nitrogens with one attached hydrogen (secondary N) is 1. The van der Waals surface area contributed by atoms with E-state index in [-0.39, 0.29) is 23.6 Å². The molecule has 1 heterocycles. The molecule has 0 spiro atoms. The summed E-state index contributed by atoms with van der Waals surface area (Å²) in [5.41, 5.74) is 14.5. The number of hydrogen-bond acceptors (Lipinski definition) is 7. The molecule has 0 aliphatic heterocycles. The molecule has 8 nitrogen and oxygen atoms in total. The first-order valence-electron chi connectivity index (χ1n) is 11.4. The Balaban J connectivity index is 1.63. The van der Waals surface area contributed by atoms with Gasteiger partial charge in [-0.25, -0.2) is 4.98 Å². The van der Waals surface area contributed by atoms with E-state index in [0.29, 0.717) is 30.4 Å². The normalized spacial score (nSPS) is 19.1. The molecule has 3 aromatic rings. The number of aromatic nitrogens is 2. The highest BCUT2D eigenvalue weighted by molar-refractivity contribution is 5.58. The lowest BCUT2D eigenvalue weighted by atomic mass is 9.83. The molecule has 0 amide bonds. The van der Waals surface area contributed by atoms with Gasteiger partial charge in [-0.2, -0.15) is 4.98 Å². The van der Waals surface area contributed by atoms with Gasteiger partial charge >= 0.3 is 5.69 Å². The first-order valence-corrected chi connectivity index (χ1v) is 11.4. The molecule has 33 heavy (non-hydrogen) atoms. The van der Waals surface area contributed by atoms with Crippen molar-refractivity contribution in [1.82, 2.24) is 9.97 Å². The van der Waals surface area contributed by atoms with Gasteiger partial charge < -0.3 is 16.8 Å². The highest BCUT2D eigenvalue weighted by atomic mass is 16.6. The van der Waals surface area contributed by atoms with Crippen molar-refractivity contribution in [2.45, 2.75) is 50.6 Å². The highest BCUT2D eigenvalue weighted by Gasteiger charge is 2.28. The van der Waals surface area contributed by atoms with Gasteiger partial charge in [-0.3, -0.25) is 10.1 Å². The van der Waals surface area contributed by atoms with Crippen LogP contribution in [0.25, 0.3) is 0 Å². The van der Waals surface area contributed by atoms with E-state index in [0.717, 1.165) is 36.8 Å². The van der Waals surface area contributed by atoms with Crippen LogP contribution in [0.1, 0.15) is 48.5 Å². The van der Waals surface area contributed by atoms with E-state index in [1.54, 1.807) is 0 Å². The third kappa shape index (κ3) is 5.84. The van der Waals surface area contributed by atoms with E-state index in [2.05, 4.69) is 27.4 Å². The van der Waals surface area contributed by atoms with Crippen molar-refractivity contribution < 1.29 is 4.92 Å². The number of nitrogens with two attached hydrogens (primary N) is 2. The van der Waals surface area contributed by atoms with Gasteiger partial charge in [-0.15, -0.1) is 0 Å². The fraction of sp³-hybridized carbons (Fsp3) is 0.360. The summed E-state index contributed by atoms with van der Waals surface area (Å²) in [6.07, 6.45) is 4.94. The minimum Gasteiger partial charge on any atom is -0.378 e. The molecular weight excluding hydrogens is 416 g/mol. The SMILES string of the molecule is Nc1nc(NC(Cc2ccccc2)c2ccccc2)nc(C[C@H]2CC[C@H](N)CC2)c1[N+](=O)[O-]. The first kappa shape index (κ1) is 22.7. The maximum atomic E-state index is 11.7. The zero-order chi connectivity index (χ0) is 23.2. The third-order valence-corrected chi connectivity index (χ3v) is 6.33. The summed E-state index contributed by atoms with van der Waals surface area (Å²) in [5, 5.41) is 15.1. The lowest BCUT2D eigenvalue weighted by Crippen LogP contribution is -2.27. The second kappa shape index (κ2) is 10.4. The quantitative estimate of drug-likeness (QED) is 0.344. The number of hydrogen-bond donors (Lipinski definition) is 3. The van der Waals surface area contributed by atoms with Gasteiger partial charge in [0.05, 0.1) is 11.0 Å². The van der Waals surface area contributed by atoms with Gasteiger partial charge in [0.1, 0.15) is 5.69 Å². The Bertz CT molecular complexity index is 1070. The number of benzene rings is 2. The summed E-state index contributed by atoms with van der Waals surface area (Å²) in [4.78, 5) is 20.1. The predicted octanol–water partition coefficient (Wildman–Crippen LogP) is 4.42. The molecule has 5 N–H and O–H groups in total. The number of nitrogens with zero attached hydrogens (tertiary/aromatic N) is 3. The first-order chi connectivity index (χ1) is 16.0. The molecule has 1 aliphatic rings. The molecular formula is C25H30N6O2. The van der Waals surface area contributed by atoms with E-state index in [4.69, 9.17) is 11.5 Å². The lowest BCUT2D eigenvalue weighted by molar-refractivity contribution is -0.385. The molecule has 1 unspecified atom stereocenters. The lowest BCUT2D eigenvalue weighted by Gasteiger charge is -2.26. The average molecular weight is 447 g/mol. The van der Waals surface area contributed by atoms with Gasteiger partial charge in [-0.05, 0) is 55.6 Å². The largest absolute Gasteiger partial charge is 0.378 e. The van der Waals surface area contributed by atoms with E-state index in [1.807, 2.05) is 48.5 Å². The maximum Gasteiger partial charge on any atom is 0.332 e. The van der Waals surface area contributed by atoms with Crippen LogP contribution in [0.5, 0.6) is 0 Å². The van der Waals surface area contributed by atoms with Crippen molar-refractivity contribution in [3.8, 4) is 0 Å². The zero-order valence-corrected chi connectivity index (χ0v) is 18.6. The van der Waals surface area contributed by atoms with Crippen LogP contribution >= 0.6 is 0 Å². The standard InChI is InChI=1S/C25H30N6O2/c26-20-13-11-18(12-14-20)16-22-23(31(32)33)24(27)30-25(29-22)28-21(19-9-5-2-6-10-19)15-17-7-3-1-4-8-17/h1-10,18,20-21H,11-16,26H2,(H3,27,28,29,30)/t18-,20-,21?. The molecule has 8 heteroatoms. The van der Waals surface area contributed by atoms with Gasteiger partial charge in [0, 0.05) is 6.04 Å². The van der Waals surface area contributed by atoms with Crippen molar-refractivity contribution >= 4 is 17.5 Å². The summed E-state index contributed by atoms with van der Waals surface area (Å²) < 4.78 is 0. The van der Waals surface area contributed by atoms with E-state index < -0.39 is 4.92 Å². The minimum absolute atomic E-state index is 0.105. The van der Waals surface area contributed by atoms with Crippen molar-refractivity contribution in [3.63, 3.8) is 0 Å². The van der Waals surface area contributed by atoms with Crippen LogP contribution in [0.2, 0.25) is 0 Å². The summed E-state index contributed by atoms with van der Waals surface area (Å²) in [7, 11) is 0. The molecule has 1 aromatic heterocycles. The second-order valence-electron chi connectivity index (χ2n) is 8.77. The molecule has 0 radical (unpaired) electrons. The van der Waals surface area contributed by atoms with Gasteiger partial charge in [-0.1, -0.05) is 60.7 Å². The van der Waals surface area contributed by atoms with Crippen LogP contribution in [0.15, 0.2) is 60.7 Å². The molecule has 2 aromatic carbocycles. The van der Waals surface area contributed by atoms with Gasteiger partial charge in [0.2, 0.25) is 11.8 Å². The Morgan fingerprint density at radius 3 is 2.27 bits per heavy atom. The van der Waals surface area contributed by atoms with Crippen molar-refractivity contribution in [3.05, 3.63) is 87.6 Å². The molecule has 1 fully saturated rings. The molecule has 172 valence electrons. The van der Waals surface area contributed by atoms with Crippen molar-refractivity contribution in [1.29, 1.82) is 0 Å². The monoisotopic (exact) mass is 446 g/mol. The zero-order valence-electron chi connectivity index (χ0n) is 18.6. The molecule has 0 saturated heterocycles. The van der Waals surface area contributed by atoms with Crippen LogP contribution in [-0.4, -0.2) is 20.9 Å². The van der Waals surface area contributed by atoms with Crippen molar-refractivity contribution in [2.75, 3.05) is 11.1 Å². The fourth-order valence-corrected chi connectivity index (χ4v) is 4.54. The Kier molecular flexibility index (Phi) is 7.14. The molecule has 0 bridgehead atoms. The van der Waals surface area contributed by atoms with Crippen LogP contribution in [0, 0.1) is 16.0 Å². The number of nitrogen functional groups attached to an aromatic ring is 1. The van der Waals surface area contributed by atoms with Crippen LogP contribution in [0.4, 0.5) is 17.5 Å². The Labute approximate surface area is 193 Å². The molecule has 1 aliphatic carbocycles. The summed E-state index contributed by atoms with van der Waals surface area (Å²) in [5.74, 6) is 0.511. The van der Waals surface area contributed by atoms with E-state index in [9.17, 15) is 10.1 Å². The Morgan fingerprint density at radius 2 is 1.64 bits per heavy atom. The smallest absolute Gasteiger partial charge is 0.332 e. The Hall–Kier alpha value is -3.52. The van der Waals surface area contributed by atoms with Gasteiger partial charge in [0.25, 0.3) is 0 Å². The summed E-state index contributed by atoms with van der Waals surface area (Å²) in [6.45, 7) is 0. The van der Waals surface area contributed by atoms with Gasteiger partial charge in [0.15, 0.2) is 0 Å². The van der Waals surface area contributed by atoms with E-state index in [1.165, 1.54) is 0 Å².